The third-order valence-electron chi connectivity index (χ3n) is 4.04. The maximum absolute atomic E-state index is 12.6. The number of benzene rings is 2. The van der Waals surface area contributed by atoms with Crippen LogP contribution < -0.4 is 14.8 Å². The Hall–Kier alpha value is -1.91. The van der Waals surface area contributed by atoms with E-state index in [4.69, 9.17) is 32.7 Å². The van der Waals surface area contributed by atoms with E-state index in [1.807, 2.05) is 19.1 Å². The highest BCUT2D eigenvalue weighted by atomic mass is 35.5. The Morgan fingerprint density at radius 2 is 2.08 bits per heavy atom. The molecule has 2 aromatic carbocycles. The number of methoxy groups -OCH3 is 1. The van der Waals surface area contributed by atoms with E-state index in [9.17, 15) is 4.79 Å². The molecule has 126 valence electrons. The predicted octanol–water partition coefficient (Wildman–Crippen LogP) is 4.50. The Kier molecular flexibility index (Phi) is 4.88. The van der Waals surface area contributed by atoms with Crippen LogP contribution in [0.1, 0.15) is 11.1 Å². The molecule has 1 aliphatic rings. The summed E-state index contributed by atoms with van der Waals surface area (Å²) in [7, 11) is 1.54. The number of amides is 1. The fourth-order valence-corrected chi connectivity index (χ4v) is 3.04. The molecule has 1 atom stereocenters. The van der Waals surface area contributed by atoms with Gasteiger partial charge in [-0.05, 0) is 48.7 Å². The lowest BCUT2D eigenvalue weighted by atomic mass is 9.96. The first-order valence-electron chi connectivity index (χ1n) is 7.54. The molecule has 0 radical (unpaired) electrons. The summed E-state index contributed by atoms with van der Waals surface area (Å²) in [5.74, 6) is 0.889. The number of carbonyl (C=O) groups excluding carboxylic acids is 1. The summed E-state index contributed by atoms with van der Waals surface area (Å²) in [6.45, 7) is 2.20. The van der Waals surface area contributed by atoms with Gasteiger partial charge >= 0.3 is 0 Å². The van der Waals surface area contributed by atoms with Crippen LogP contribution in [-0.4, -0.2) is 19.6 Å². The molecule has 2 aromatic rings. The number of ether oxygens (including phenoxy) is 2. The number of halogens is 2. The van der Waals surface area contributed by atoms with Crippen molar-refractivity contribution in [2.75, 3.05) is 19.0 Å². The number of anilines is 1. The summed E-state index contributed by atoms with van der Waals surface area (Å²) in [5.41, 5.74) is 2.40. The molecule has 0 fully saturated rings. The second-order valence-electron chi connectivity index (χ2n) is 5.76. The van der Waals surface area contributed by atoms with Crippen LogP contribution in [-0.2, 0) is 11.2 Å². The van der Waals surface area contributed by atoms with Gasteiger partial charge in [0, 0.05) is 16.1 Å². The van der Waals surface area contributed by atoms with Gasteiger partial charge in [0.2, 0.25) is 5.91 Å². The van der Waals surface area contributed by atoms with E-state index >= 15 is 0 Å². The van der Waals surface area contributed by atoms with Crippen molar-refractivity contribution in [2.45, 2.75) is 13.3 Å². The molecule has 0 spiro atoms. The summed E-state index contributed by atoms with van der Waals surface area (Å²) >= 11 is 12.1. The Labute approximate surface area is 150 Å². The fourth-order valence-electron chi connectivity index (χ4n) is 2.70. The van der Waals surface area contributed by atoms with Gasteiger partial charge in [-0.25, -0.2) is 0 Å². The van der Waals surface area contributed by atoms with Gasteiger partial charge in [-0.15, -0.1) is 0 Å². The number of nitrogens with one attached hydrogen (secondary N) is 1. The highest BCUT2D eigenvalue weighted by molar-refractivity contribution is 6.31. The van der Waals surface area contributed by atoms with E-state index < -0.39 is 0 Å². The Morgan fingerprint density at radius 3 is 2.83 bits per heavy atom. The van der Waals surface area contributed by atoms with Gasteiger partial charge < -0.3 is 14.8 Å². The average Bonchev–Trinajstić information content (AvgIpc) is 2.57. The van der Waals surface area contributed by atoms with Crippen molar-refractivity contribution in [3.05, 3.63) is 51.5 Å². The fraction of sp³-hybridized carbons (Fsp3) is 0.278. The number of carbonyl (C=O) groups is 1. The van der Waals surface area contributed by atoms with E-state index in [0.29, 0.717) is 34.5 Å². The largest absolute Gasteiger partial charge is 0.495 e. The van der Waals surface area contributed by atoms with Crippen LogP contribution in [0.3, 0.4) is 0 Å². The van der Waals surface area contributed by atoms with Gasteiger partial charge in [0.25, 0.3) is 0 Å². The quantitative estimate of drug-likeness (QED) is 0.870. The molecule has 1 aliphatic heterocycles. The van der Waals surface area contributed by atoms with Gasteiger partial charge in [-0.2, -0.15) is 0 Å². The summed E-state index contributed by atoms with van der Waals surface area (Å²) in [4.78, 5) is 12.6. The minimum atomic E-state index is -0.295. The third kappa shape index (κ3) is 3.45. The molecule has 0 aromatic heterocycles. The summed E-state index contributed by atoms with van der Waals surface area (Å²) in [6, 6.07) is 8.94. The van der Waals surface area contributed by atoms with E-state index in [1.54, 1.807) is 25.3 Å². The maximum Gasteiger partial charge on any atom is 0.231 e. The number of rotatable bonds is 3. The zero-order valence-electron chi connectivity index (χ0n) is 13.4. The Morgan fingerprint density at radius 1 is 1.29 bits per heavy atom. The van der Waals surface area contributed by atoms with Crippen molar-refractivity contribution in [3.8, 4) is 11.5 Å². The second kappa shape index (κ2) is 6.91. The van der Waals surface area contributed by atoms with Crippen LogP contribution in [0.2, 0.25) is 10.0 Å². The zero-order valence-corrected chi connectivity index (χ0v) is 14.9. The van der Waals surface area contributed by atoms with Gasteiger partial charge in [-0.3, -0.25) is 4.79 Å². The predicted molar refractivity (Wildman–Crippen MR) is 95.5 cm³/mol. The molecule has 0 saturated carbocycles. The van der Waals surface area contributed by atoms with Crippen LogP contribution >= 0.6 is 23.2 Å². The first kappa shape index (κ1) is 16.9. The molecular weight excluding hydrogens is 349 g/mol. The van der Waals surface area contributed by atoms with E-state index in [0.717, 1.165) is 16.9 Å². The molecule has 0 aliphatic carbocycles. The topological polar surface area (TPSA) is 47.6 Å². The first-order valence-corrected chi connectivity index (χ1v) is 8.29. The molecule has 6 heteroatoms. The van der Waals surface area contributed by atoms with Crippen molar-refractivity contribution in [3.63, 3.8) is 0 Å². The van der Waals surface area contributed by atoms with Crippen LogP contribution in [0.4, 0.5) is 5.69 Å². The van der Waals surface area contributed by atoms with Gasteiger partial charge in [-0.1, -0.05) is 23.2 Å². The van der Waals surface area contributed by atoms with Crippen molar-refractivity contribution < 1.29 is 14.3 Å². The maximum atomic E-state index is 12.6. The van der Waals surface area contributed by atoms with Crippen LogP contribution in [0.15, 0.2) is 30.3 Å². The minimum absolute atomic E-state index is 0.124. The van der Waals surface area contributed by atoms with Crippen molar-refractivity contribution in [1.29, 1.82) is 0 Å². The van der Waals surface area contributed by atoms with Crippen LogP contribution in [0.5, 0.6) is 11.5 Å². The minimum Gasteiger partial charge on any atom is -0.495 e. The Bertz CT molecular complexity index is 792. The SMILES string of the molecule is COc1cc(Cl)c(C)cc1NC(=O)[C@@H]1COc2ccc(Cl)cc2C1. The number of aryl methyl sites for hydroxylation is 1. The zero-order chi connectivity index (χ0) is 17.3. The molecule has 0 bridgehead atoms. The first-order chi connectivity index (χ1) is 11.5. The monoisotopic (exact) mass is 365 g/mol. The number of fused-ring (bicyclic) bond motifs is 1. The van der Waals surface area contributed by atoms with Crippen molar-refractivity contribution in [2.24, 2.45) is 5.92 Å². The highest BCUT2D eigenvalue weighted by Gasteiger charge is 2.27. The average molecular weight is 366 g/mol. The van der Waals surface area contributed by atoms with Crippen molar-refractivity contribution in [1.82, 2.24) is 0 Å². The van der Waals surface area contributed by atoms with Crippen LogP contribution in [0.25, 0.3) is 0 Å². The van der Waals surface area contributed by atoms with Crippen LogP contribution in [0, 0.1) is 12.8 Å². The number of hydrogen-bond donors (Lipinski definition) is 1. The molecule has 0 unspecified atom stereocenters. The smallest absolute Gasteiger partial charge is 0.231 e. The highest BCUT2D eigenvalue weighted by Crippen LogP contribution is 2.33. The molecule has 3 rings (SSSR count). The molecule has 0 saturated heterocycles. The second-order valence-corrected chi connectivity index (χ2v) is 6.60. The molecule has 1 heterocycles. The van der Waals surface area contributed by atoms with E-state index in [-0.39, 0.29) is 11.8 Å². The molecule has 24 heavy (non-hydrogen) atoms. The summed E-state index contributed by atoms with van der Waals surface area (Å²) < 4.78 is 11.0. The Balaban J connectivity index is 1.78. The van der Waals surface area contributed by atoms with Gasteiger partial charge in [0.05, 0.1) is 18.7 Å². The lowest BCUT2D eigenvalue weighted by molar-refractivity contribution is -0.121. The van der Waals surface area contributed by atoms with E-state index in [1.165, 1.54) is 0 Å². The van der Waals surface area contributed by atoms with Crippen molar-refractivity contribution >= 4 is 34.8 Å². The molecule has 1 N–H and O–H groups in total. The number of hydrogen-bond acceptors (Lipinski definition) is 3. The summed E-state index contributed by atoms with van der Waals surface area (Å²) in [5, 5.41) is 4.13. The lowest BCUT2D eigenvalue weighted by Gasteiger charge is -2.25. The molecular formula is C18H17Cl2NO3. The standard InChI is InChI=1S/C18H17Cl2NO3/c1-10-5-15(17(23-2)8-14(10)20)21-18(22)12-6-11-7-13(19)3-4-16(11)24-9-12/h3-5,7-8,12H,6,9H2,1-2H3,(H,21,22)/t12-/m0/s1. The van der Waals surface area contributed by atoms with Gasteiger partial charge in [0.15, 0.2) is 0 Å². The van der Waals surface area contributed by atoms with Gasteiger partial charge in [0.1, 0.15) is 18.1 Å². The summed E-state index contributed by atoms with van der Waals surface area (Å²) in [6.07, 6.45) is 0.580. The molecule has 1 amide bonds. The lowest BCUT2D eigenvalue weighted by Crippen LogP contribution is -2.32. The van der Waals surface area contributed by atoms with E-state index in [2.05, 4.69) is 5.32 Å². The third-order valence-corrected chi connectivity index (χ3v) is 4.68. The normalized spacial score (nSPS) is 16.1. The molecule has 4 nitrogen and oxygen atoms in total.